The van der Waals surface area contributed by atoms with Gasteiger partial charge in [0.1, 0.15) is 5.58 Å². The quantitative estimate of drug-likeness (QED) is 0.461. The van der Waals surface area contributed by atoms with Gasteiger partial charge in [-0.25, -0.2) is 9.78 Å². The minimum absolute atomic E-state index is 0.368. The van der Waals surface area contributed by atoms with Crippen LogP contribution in [0.4, 0.5) is 0 Å². The molecule has 28 heavy (non-hydrogen) atoms. The summed E-state index contributed by atoms with van der Waals surface area (Å²) in [6.45, 7) is 3.86. The summed E-state index contributed by atoms with van der Waals surface area (Å²) in [5, 5.41) is 0.901. The largest absolute Gasteiger partial charge is 0.422 e. The highest BCUT2D eigenvalue weighted by molar-refractivity contribution is 5.85. The molecule has 1 aromatic carbocycles. The Bertz CT molecular complexity index is 1310. The molecule has 0 atom stereocenters. The van der Waals surface area contributed by atoms with E-state index in [0.29, 0.717) is 16.8 Å². The minimum Gasteiger partial charge on any atom is -0.422 e. The lowest BCUT2D eigenvalue weighted by atomic mass is 9.93. The molecule has 4 aromatic rings. The van der Waals surface area contributed by atoms with Crippen molar-refractivity contribution < 1.29 is 4.42 Å². The normalized spacial score (nSPS) is 14.6. The number of imidazole rings is 1. The van der Waals surface area contributed by atoms with Crippen LogP contribution >= 0.6 is 0 Å². The Morgan fingerprint density at radius 3 is 2.79 bits per heavy atom. The molecule has 3 aromatic heterocycles. The number of rotatable bonds is 2. The second kappa shape index (κ2) is 6.44. The number of nitrogens with zero attached hydrogens (tertiary/aromatic N) is 3. The first-order valence-corrected chi connectivity index (χ1v) is 9.69. The Kier molecular flexibility index (Phi) is 3.90. The number of hydrogen-bond acceptors (Lipinski definition) is 4. The fourth-order valence-corrected chi connectivity index (χ4v) is 4.02. The van der Waals surface area contributed by atoms with Gasteiger partial charge < -0.3 is 8.82 Å². The molecule has 0 aliphatic heterocycles. The molecule has 140 valence electrons. The molecule has 0 unspecified atom stereocenters. The van der Waals surface area contributed by atoms with E-state index < -0.39 is 0 Å². The third-order valence-electron chi connectivity index (χ3n) is 5.40. The maximum absolute atomic E-state index is 12.7. The van der Waals surface area contributed by atoms with E-state index >= 15 is 0 Å². The first-order chi connectivity index (χ1) is 13.6. The van der Waals surface area contributed by atoms with Gasteiger partial charge in [-0.2, -0.15) is 0 Å². The number of allylic oxidation sites excluding steroid dienone is 2. The fraction of sp³-hybridized carbons (Fsp3) is 0.261. The standard InChI is InChI=1S/C23H21N3O2/c1-14-12-26-13-20(25-22(26)15(2)24-14)19-10-18-9-8-17(11-21(18)28-23(19)27)16-6-4-3-5-7-16/h6,8-13H,3-5,7H2,1-2H3. The molecular formula is C23H21N3O2. The topological polar surface area (TPSA) is 60.4 Å². The van der Waals surface area contributed by atoms with Crippen LogP contribution in [-0.2, 0) is 0 Å². The molecule has 5 rings (SSSR count). The summed E-state index contributed by atoms with van der Waals surface area (Å²) in [6, 6.07) is 8.00. The van der Waals surface area contributed by atoms with Gasteiger partial charge in [0.25, 0.3) is 0 Å². The SMILES string of the molecule is Cc1cn2cc(-c3cc4ccc(C5=CCCCC5)cc4oc3=O)nc2c(C)n1. The van der Waals surface area contributed by atoms with Crippen LogP contribution < -0.4 is 5.63 Å². The number of hydrogen-bond donors (Lipinski definition) is 0. The van der Waals surface area contributed by atoms with Crippen LogP contribution in [-0.4, -0.2) is 14.4 Å². The van der Waals surface area contributed by atoms with E-state index in [0.717, 1.165) is 40.8 Å². The lowest BCUT2D eigenvalue weighted by Gasteiger charge is -2.13. The van der Waals surface area contributed by atoms with Crippen molar-refractivity contribution in [2.45, 2.75) is 39.5 Å². The van der Waals surface area contributed by atoms with Gasteiger partial charge in [-0.3, -0.25) is 4.98 Å². The first kappa shape index (κ1) is 16.9. The fourth-order valence-electron chi connectivity index (χ4n) is 4.02. The maximum atomic E-state index is 12.7. The van der Waals surface area contributed by atoms with E-state index in [9.17, 15) is 4.79 Å². The first-order valence-electron chi connectivity index (χ1n) is 9.69. The third kappa shape index (κ3) is 2.83. The van der Waals surface area contributed by atoms with E-state index in [2.05, 4.69) is 22.1 Å². The van der Waals surface area contributed by atoms with Crippen LogP contribution in [0.1, 0.15) is 42.6 Å². The smallest absolute Gasteiger partial charge is 0.345 e. The molecule has 0 radical (unpaired) electrons. The van der Waals surface area contributed by atoms with Crippen molar-refractivity contribution in [3.63, 3.8) is 0 Å². The summed E-state index contributed by atoms with van der Waals surface area (Å²) >= 11 is 0. The summed E-state index contributed by atoms with van der Waals surface area (Å²) in [6.07, 6.45) is 10.7. The van der Waals surface area contributed by atoms with Gasteiger partial charge in [-0.05, 0) is 62.8 Å². The molecule has 0 amide bonds. The lowest BCUT2D eigenvalue weighted by Crippen LogP contribution is -2.03. The van der Waals surface area contributed by atoms with Crippen molar-refractivity contribution >= 4 is 22.2 Å². The van der Waals surface area contributed by atoms with E-state index in [1.54, 1.807) is 0 Å². The highest BCUT2D eigenvalue weighted by atomic mass is 16.4. The van der Waals surface area contributed by atoms with Gasteiger partial charge in [-0.1, -0.05) is 18.2 Å². The molecule has 0 fully saturated rings. The number of fused-ring (bicyclic) bond motifs is 2. The summed E-state index contributed by atoms with van der Waals surface area (Å²) in [7, 11) is 0. The lowest BCUT2D eigenvalue weighted by molar-refractivity contribution is 0.563. The third-order valence-corrected chi connectivity index (χ3v) is 5.40. The highest BCUT2D eigenvalue weighted by Gasteiger charge is 2.14. The predicted molar refractivity (Wildman–Crippen MR) is 110 cm³/mol. The van der Waals surface area contributed by atoms with E-state index in [1.807, 2.05) is 48.8 Å². The Morgan fingerprint density at radius 1 is 1.07 bits per heavy atom. The molecular weight excluding hydrogens is 350 g/mol. The number of aromatic nitrogens is 3. The predicted octanol–water partition coefficient (Wildman–Crippen LogP) is 5.08. The zero-order valence-corrected chi connectivity index (χ0v) is 16.0. The minimum atomic E-state index is -0.368. The van der Waals surface area contributed by atoms with Gasteiger partial charge in [0.2, 0.25) is 0 Å². The van der Waals surface area contributed by atoms with Crippen LogP contribution in [0, 0.1) is 13.8 Å². The second-order valence-corrected chi connectivity index (χ2v) is 7.50. The van der Waals surface area contributed by atoms with Crippen molar-refractivity contribution in [3.05, 3.63) is 70.1 Å². The molecule has 5 nitrogen and oxygen atoms in total. The Hall–Kier alpha value is -3.21. The molecule has 0 spiro atoms. The van der Waals surface area contributed by atoms with Crippen LogP contribution in [0.15, 0.2) is 51.9 Å². The van der Waals surface area contributed by atoms with Crippen molar-refractivity contribution in [2.24, 2.45) is 0 Å². The molecule has 0 saturated heterocycles. The molecule has 3 heterocycles. The van der Waals surface area contributed by atoms with Crippen molar-refractivity contribution in [2.75, 3.05) is 0 Å². The van der Waals surface area contributed by atoms with Crippen LogP contribution in [0.5, 0.6) is 0 Å². The highest BCUT2D eigenvalue weighted by Crippen LogP contribution is 2.29. The van der Waals surface area contributed by atoms with Crippen LogP contribution in [0.25, 0.3) is 33.4 Å². The van der Waals surface area contributed by atoms with Crippen molar-refractivity contribution in [1.29, 1.82) is 0 Å². The van der Waals surface area contributed by atoms with Gasteiger partial charge in [0.05, 0.1) is 22.6 Å². The van der Waals surface area contributed by atoms with Crippen molar-refractivity contribution in [1.82, 2.24) is 14.4 Å². The monoisotopic (exact) mass is 371 g/mol. The molecule has 0 saturated carbocycles. The number of aryl methyl sites for hydroxylation is 2. The van der Waals surface area contributed by atoms with Gasteiger partial charge in [-0.15, -0.1) is 0 Å². The van der Waals surface area contributed by atoms with E-state index in [4.69, 9.17) is 4.42 Å². The second-order valence-electron chi connectivity index (χ2n) is 7.50. The zero-order chi connectivity index (χ0) is 19.3. The van der Waals surface area contributed by atoms with E-state index in [1.165, 1.54) is 18.4 Å². The summed E-state index contributed by atoms with van der Waals surface area (Å²) in [4.78, 5) is 21.8. The Labute approximate surface area is 162 Å². The molecule has 1 aliphatic rings. The van der Waals surface area contributed by atoms with Crippen LogP contribution in [0.2, 0.25) is 0 Å². The average Bonchev–Trinajstić information content (AvgIpc) is 3.12. The van der Waals surface area contributed by atoms with Crippen LogP contribution in [0.3, 0.4) is 0 Å². The maximum Gasteiger partial charge on any atom is 0.345 e. The van der Waals surface area contributed by atoms with E-state index in [-0.39, 0.29) is 5.63 Å². The Balaban J connectivity index is 1.63. The summed E-state index contributed by atoms with van der Waals surface area (Å²) < 4.78 is 7.59. The van der Waals surface area contributed by atoms with Gasteiger partial charge >= 0.3 is 5.63 Å². The average molecular weight is 371 g/mol. The number of benzene rings is 1. The zero-order valence-electron chi connectivity index (χ0n) is 16.0. The molecule has 5 heteroatoms. The van der Waals surface area contributed by atoms with Gasteiger partial charge in [0, 0.05) is 17.8 Å². The molecule has 0 N–H and O–H groups in total. The van der Waals surface area contributed by atoms with Gasteiger partial charge in [0.15, 0.2) is 5.65 Å². The van der Waals surface area contributed by atoms with Crippen molar-refractivity contribution in [3.8, 4) is 11.3 Å². The molecule has 0 bridgehead atoms. The Morgan fingerprint density at radius 2 is 1.96 bits per heavy atom. The summed E-state index contributed by atoms with van der Waals surface area (Å²) in [5.41, 5.74) is 6.31. The summed E-state index contributed by atoms with van der Waals surface area (Å²) in [5.74, 6) is 0. The molecule has 1 aliphatic carbocycles.